The molecule has 0 aliphatic carbocycles. The van der Waals surface area contributed by atoms with E-state index in [1.165, 1.54) is 18.2 Å². The highest BCUT2D eigenvalue weighted by atomic mass is 35.5. The molecule has 1 N–H and O–H groups in total. The van der Waals surface area contributed by atoms with Gasteiger partial charge in [0, 0.05) is 17.7 Å². The fourth-order valence-electron chi connectivity index (χ4n) is 2.02. The molecule has 0 heterocycles. The second kappa shape index (κ2) is 7.61. The summed E-state index contributed by atoms with van der Waals surface area (Å²) in [5.41, 5.74) is 1.53. The van der Waals surface area contributed by atoms with Crippen molar-refractivity contribution in [3.8, 4) is 5.75 Å². The number of hydrogen-bond donors (Lipinski definition) is 1. The average Bonchev–Trinajstić information content (AvgIpc) is 2.50. The molecule has 22 heavy (non-hydrogen) atoms. The maximum atomic E-state index is 13.5. The molecule has 0 fully saturated rings. The first-order valence-corrected chi connectivity index (χ1v) is 7.77. The Morgan fingerprint density at radius 1 is 1.14 bits per heavy atom. The Morgan fingerprint density at radius 2 is 1.91 bits per heavy atom. The number of phenols is 1. The minimum atomic E-state index is -0.434. The molecular formula is C17H16Cl2FNO. The van der Waals surface area contributed by atoms with Gasteiger partial charge >= 0.3 is 0 Å². The van der Waals surface area contributed by atoms with E-state index >= 15 is 0 Å². The molecular weight excluding hydrogens is 324 g/mol. The van der Waals surface area contributed by atoms with Gasteiger partial charge in [-0.15, -0.1) is 0 Å². The van der Waals surface area contributed by atoms with Gasteiger partial charge in [0.25, 0.3) is 0 Å². The minimum Gasteiger partial charge on any atom is -0.507 e. The first kappa shape index (κ1) is 16.8. The molecule has 0 amide bonds. The summed E-state index contributed by atoms with van der Waals surface area (Å²) >= 11 is 12.0. The van der Waals surface area contributed by atoms with Crippen molar-refractivity contribution < 1.29 is 9.50 Å². The van der Waals surface area contributed by atoms with Crippen LogP contribution in [0.4, 0.5) is 4.39 Å². The molecule has 0 spiro atoms. The van der Waals surface area contributed by atoms with E-state index in [9.17, 15) is 9.50 Å². The Hall–Kier alpha value is -1.58. The lowest BCUT2D eigenvalue weighted by molar-refractivity contribution is 0.472. The van der Waals surface area contributed by atoms with Crippen molar-refractivity contribution in [1.29, 1.82) is 0 Å². The van der Waals surface area contributed by atoms with Gasteiger partial charge < -0.3 is 5.11 Å². The third-order valence-electron chi connectivity index (χ3n) is 3.19. The fourth-order valence-corrected chi connectivity index (χ4v) is 2.32. The van der Waals surface area contributed by atoms with E-state index in [1.54, 1.807) is 18.2 Å². The number of rotatable bonds is 5. The lowest BCUT2D eigenvalue weighted by Crippen LogP contribution is -2.06. The highest BCUT2D eigenvalue weighted by Crippen LogP contribution is 2.27. The monoisotopic (exact) mass is 339 g/mol. The zero-order chi connectivity index (χ0) is 16.1. The summed E-state index contributed by atoms with van der Waals surface area (Å²) in [7, 11) is 0. The Labute approximate surface area is 139 Å². The van der Waals surface area contributed by atoms with Crippen molar-refractivity contribution in [1.82, 2.24) is 0 Å². The number of unbranched alkanes of at least 4 members (excludes halogenated alkanes) is 1. The van der Waals surface area contributed by atoms with Crippen LogP contribution < -0.4 is 0 Å². The Balaban J connectivity index is 2.53. The number of phenolic OH excluding ortho intramolecular Hbond substituents is 1. The standard InChI is InChI=1S/C17H16Cl2FNO/c1-2-3-8-21-17(11-4-6-14(18)15(19)9-11)13-10-12(20)5-7-16(13)22/h4-7,9-10,22H,2-3,8H2,1H3. The summed E-state index contributed by atoms with van der Waals surface area (Å²) in [6.45, 7) is 2.65. The lowest BCUT2D eigenvalue weighted by Gasteiger charge is -2.11. The van der Waals surface area contributed by atoms with E-state index in [0.29, 0.717) is 33.4 Å². The molecule has 0 aliphatic heterocycles. The SMILES string of the molecule is CCCCN=C(c1ccc(Cl)c(Cl)c1)c1cc(F)ccc1O. The molecule has 2 nitrogen and oxygen atoms in total. The second-order valence-corrected chi connectivity index (χ2v) is 5.69. The Bertz CT molecular complexity index is 701. The third-order valence-corrected chi connectivity index (χ3v) is 3.93. The van der Waals surface area contributed by atoms with Gasteiger partial charge in [-0.2, -0.15) is 0 Å². The quantitative estimate of drug-likeness (QED) is 0.568. The third kappa shape index (κ3) is 3.99. The number of hydrogen-bond acceptors (Lipinski definition) is 2. The number of aromatic hydroxyl groups is 1. The van der Waals surface area contributed by atoms with Crippen molar-refractivity contribution in [2.75, 3.05) is 6.54 Å². The molecule has 0 radical (unpaired) electrons. The summed E-state index contributed by atoms with van der Waals surface area (Å²) in [5, 5.41) is 10.9. The summed E-state index contributed by atoms with van der Waals surface area (Å²) in [4.78, 5) is 4.51. The van der Waals surface area contributed by atoms with Crippen molar-refractivity contribution in [3.05, 3.63) is 63.4 Å². The van der Waals surface area contributed by atoms with Gasteiger partial charge in [0.05, 0.1) is 15.8 Å². The van der Waals surface area contributed by atoms with Gasteiger partial charge in [-0.05, 0) is 36.8 Å². The average molecular weight is 340 g/mol. The van der Waals surface area contributed by atoms with E-state index in [-0.39, 0.29) is 5.75 Å². The van der Waals surface area contributed by atoms with E-state index in [0.717, 1.165) is 12.8 Å². The first-order chi connectivity index (χ1) is 10.5. The summed E-state index contributed by atoms with van der Waals surface area (Å²) in [5.74, 6) is -0.459. The van der Waals surface area contributed by atoms with Gasteiger partial charge in [-0.3, -0.25) is 4.99 Å². The maximum Gasteiger partial charge on any atom is 0.125 e. The van der Waals surface area contributed by atoms with E-state index < -0.39 is 5.82 Å². The molecule has 0 bridgehead atoms. The summed E-state index contributed by atoms with van der Waals surface area (Å²) in [6, 6.07) is 8.87. The van der Waals surface area contributed by atoms with Crippen LogP contribution in [0.5, 0.6) is 5.75 Å². The molecule has 0 unspecified atom stereocenters. The van der Waals surface area contributed by atoms with Crippen molar-refractivity contribution in [3.63, 3.8) is 0 Å². The van der Waals surface area contributed by atoms with Crippen LogP contribution in [0.1, 0.15) is 30.9 Å². The van der Waals surface area contributed by atoms with Crippen molar-refractivity contribution in [2.24, 2.45) is 4.99 Å². The molecule has 0 atom stereocenters. The highest BCUT2D eigenvalue weighted by Gasteiger charge is 2.14. The molecule has 2 aromatic rings. The van der Waals surface area contributed by atoms with Gasteiger partial charge in [0.15, 0.2) is 0 Å². The zero-order valence-electron chi connectivity index (χ0n) is 12.1. The van der Waals surface area contributed by atoms with Gasteiger partial charge in [0.2, 0.25) is 0 Å². The predicted octanol–water partition coefficient (Wildman–Crippen LogP) is 5.48. The van der Waals surface area contributed by atoms with E-state index in [1.807, 2.05) is 0 Å². The van der Waals surface area contributed by atoms with Gasteiger partial charge in [-0.1, -0.05) is 42.6 Å². The molecule has 116 valence electrons. The summed E-state index contributed by atoms with van der Waals surface area (Å²) in [6.07, 6.45) is 1.90. The molecule has 0 saturated heterocycles. The van der Waals surface area contributed by atoms with Crippen LogP contribution >= 0.6 is 23.2 Å². The highest BCUT2D eigenvalue weighted by molar-refractivity contribution is 6.42. The van der Waals surface area contributed by atoms with Crippen LogP contribution in [0.15, 0.2) is 41.4 Å². The molecule has 0 aromatic heterocycles. The smallest absolute Gasteiger partial charge is 0.125 e. The lowest BCUT2D eigenvalue weighted by atomic mass is 10.0. The van der Waals surface area contributed by atoms with E-state index in [2.05, 4.69) is 11.9 Å². The Kier molecular flexibility index (Phi) is 5.81. The minimum absolute atomic E-state index is 0.0253. The van der Waals surface area contributed by atoms with Crippen molar-refractivity contribution in [2.45, 2.75) is 19.8 Å². The maximum absolute atomic E-state index is 13.5. The van der Waals surface area contributed by atoms with Crippen molar-refractivity contribution >= 4 is 28.9 Å². The molecule has 5 heteroatoms. The number of halogens is 3. The number of aliphatic imine (C=N–C) groups is 1. The van der Waals surface area contributed by atoms with Crippen LogP contribution in [0.25, 0.3) is 0 Å². The summed E-state index contributed by atoms with van der Waals surface area (Å²) < 4.78 is 13.5. The second-order valence-electron chi connectivity index (χ2n) is 4.87. The molecule has 2 aromatic carbocycles. The molecule has 2 rings (SSSR count). The van der Waals surface area contributed by atoms with Crippen LogP contribution in [0.2, 0.25) is 10.0 Å². The fraction of sp³-hybridized carbons (Fsp3) is 0.235. The van der Waals surface area contributed by atoms with E-state index in [4.69, 9.17) is 23.2 Å². The van der Waals surface area contributed by atoms with Gasteiger partial charge in [0.1, 0.15) is 11.6 Å². The predicted molar refractivity (Wildman–Crippen MR) is 89.9 cm³/mol. The molecule has 0 aliphatic rings. The van der Waals surface area contributed by atoms with Crippen LogP contribution in [-0.4, -0.2) is 17.4 Å². The number of nitrogens with zero attached hydrogens (tertiary/aromatic N) is 1. The largest absolute Gasteiger partial charge is 0.507 e. The van der Waals surface area contributed by atoms with Crippen LogP contribution in [-0.2, 0) is 0 Å². The zero-order valence-corrected chi connectivity index (χ0v) is 13.6. The van der Waals surface area contributed by atoms with Gasteiger partial charge in [-0.25, -0.2) is 4.39 Å². The topological polar surface area (TPSA) is 32.6 Å². The van der Waals surface area contributed by atoms with Crippen LogP contribution in [0, 0.1) is 5.82 Å². The first-order valence-electron chi connectivity index (χ1n) is 7.01. The van der Waals surface area contributed by atoms with Crippen LogP contribution in [0.3, 0.4) is 0 Å². The Morgan fingerprint density at radius 3 is 2.59 bits per heavy atom. The number of benzene rings is 2. The molecule has 0 saturated carbocycles. The normalized spacial score (nSPS) is 11.7.